The van der Waals surface area contributed by atoms with Gasteiger partial charge in [0.2, 0.25) is 0 Å². The number of hydrogen-bond donors (Lipinski definition) is 3. The van der Waals surface area contributed by atoms with Crippen LogP contribution in [0.25, 0.3) is 21.5 Å². The number of hydrogen-bond acceptors (Lipinski definition) is 17. The molecule has 0 saturated heterocycles. The van der Waals surface area contributed by atoms with E-state index in [1.165, 1.54) is 42.5 Å². The van der Waals surface area contributed by atoms with Gasteiger partial charge in [0.25, 0.3) is 21.5 Å². The molecule has 55 heavy (non-hydrogen) atoms. The number of aromatic hydroxyl groups is 2. The van der Waals surface area contributed by atoms with Gasteiger partial charge in [-0.25, -0.2) is 8.42 Å². The standard InChI is InChI=1S/2C16H11N3O7S.Cr/c2*20-14-6-1-9-7-11(27(24,25)26)3-4-12(9)16(14)18-17-13-5-2-10(19(22)23)8-15(13)21;/h2*1-8,20-21H,(H,24,25,26);/q;;+3/p-3. The van der Waals surface area contributed by atoms with Crippen molar-refractivity contribution >= 4 is 75.9 Å². The number of nitro groups is 2. The molecule has 0 atom stereocenters. The number of benzene rings is 6. The van der Waals surface area contributed by atoms with Crippen LogP contribution in [-0.4, -0.2) is 46.0 Å². The predicted octanol–water partition coefficient (Wildman–Crippen LogP) is 6.03. The Morgan fingerprint density at radius 1 is 0.545 bits per heavy atom. The quantitative estimate of drug-likeness (QED) is 0.0682. The van der Waals surface area contributed by atoms with E-state index in [1.54, 1.807) is 0 Å². The Morgan fingerprint density at radius 3 is 1.62 bits per heavy atom. The largest absolute Gasteiger partial charge is 3.00 e. The van der Waals surface area contributed by atoms with Crippen LogP contribution in [0.5, 0.6) is 23.0 Å². The first kappa shape index (κ1) is 41.2. The molecule has 6 aromatic carbocycles. The predicted molar refractivity (Wildman–Crippen MR) is 182 cm³/mol. The minimum absolute atomic E-state index is 0. The monoisotopic (exact) mass is 827 g/mol. The van der Waals surface area contributed by atoms with E-state index in [-0.39, 0.29) is 67.2 Å². The molecular weight excluding hydrogens is 809 g/mol. The zero-order valence-corrected chi connectivity index (χ0v) is 29.9. The molecule has 23 heteroatoms. The first-order valence-electron chi connectivity index (χ1n) is 14.5. The number of phenolic OH excluding ortho intramolecular Hbond substituents is 2. The Morgan fingerprint density at radius 2 is 1.05 bits per heavy atom. The second-order valence-corrected chi connectivity index (χ2v) is 13.6. The Labute approximate surface area is 318 Å². The number of non-ortho nitro benzene ring substituents is 2. The van der Waals surface area contributed by atoms with Crippen molar-refractivity contribution in [2.75, 3.05) is 0 Å². The van der Waals surface area contributed by atoms with Crippen molar-refractivity contribution in [1.82, 2.24) is 0 Å². The molecule has 20 nitrogen and oxygen atoms in total. The average molecular weight is 828 g/mol. The molecule has 0 spiro atoms. The Balaban J connectivity index is 0.000000240. The van der Waals surface area contributed by atoms with E-state index in [4.69, 9.17) is 4.55 Å². The van der Waals surface area contributed by atoms with Gasteiger partial charge >= 0.3 is 17.4 Å². The molecule has 0 saturated carbocycles. The molecular formula is C32H19CrN6O14S2. The Bertz CT molecular complexity index is 2610. The summed E-state index contributed by atoms with van der Waals surface area (Å²) in [6.07, 6.45) is 0. The summed E-state index contributed by atoms with van der Waals surface area (Å²) in [6.45, 7) is 0. The van der Waals surface area contributed by atoms with Crippen LogP contribution in [0.1, 0.15) is 0 Å². The maximum absolute atomic E-state index is 12.1. The van der Waals surface area contributed by atoms with Crippen LogP contribution in [0.15, 0.2) is 127 Å². The number of rotatable bonds is 8. The fourth-order valence-electron chi connectivity index (χ4n) is 4.69. The van der Waals surface area contributed by atoms with E-state index >= 15 is 0 Å². The molecule has 0 aliphatic rings. The molecule has 0 heterocycles. The zero-order valence-electron chi connectivity index (χ0n) is 27.0. The van der Waals surface area contributed by atoms with E-state index < -0.39 is 57.9 Å². The number of nitrogens with zero attached hydrogens (tertiary/aromatic N) is 6. The molecule has 0 bridgehead atoms. The van der Waals surface area contributed by atoms with Crippen molar-refractivity contribution in [2.45, 2.75) is 9.79 Å². The second-order valence-electron chi connectivity index (χ2n) is 10.8. The Kier molecular flexibility index (Phi) is 12.1. The molecule has 1 radical (unpaired) electrons. The molecule has 3 N–H and O–H groups in total. The summed E-state index contributed by atoms with van der Waals surface area (Å²) in [7, 11) is -9.06. The van der Waals surface area contributed by atoms with Crippen molar-refractivity contribution < 1.29 is 73.6 Å². The summed E-state index contributed by atoms with van der Waals surface area (Å²) < 4.78 is 64.9. The summed E-state index contributed by atoms with van der Waals surface area (Å²) in [5.41, 5.74) is -1.17. The fourth-order valence-corrected chi connectivity index (χ4v) is 5.71. The SMILES string of the molecule is O=[N+]([O-])c1ccc(N=Nc2c(O)ccc3cc(S(=O)(=O)O)ccc23)c(O)c1.O=[N+]([O-])c1ccc(N=Nc2c([O-])ccc3cc(S(=O)(=O)[O-])ccc23)c([O-])c1.[Cr+3]. The van der Waals surface area contributed by atoms with E-state index in [2.05, 4.69) is 20.5 Å². The van der Waals surface area contributed by atoms with Crippen LogP contribution in [0.3, 0.4) is 0 Å². The summed E-state index contributed by atoms with van der Waals surface area (Å²) in [4.78, 5) is 19.1. The average Bonchev–Trinajstić information content (AvgIpc) is 3.10. The molecule has 0 unspecified atom stereocenters. The third kappa shape index (κ3) is 9.50. The van der Waals surface area contributed by atoms with Gasteiger partial charge in [0.05, 0.1) is 37.1 Å². The van der Waals surface area contributed by atoms with Gasteiger partial charge in [-0.3, -0.25) is 24.8 Å². The summed E-state index contributed by atoms with van der Waals surface area (Å²) in [5, 5.41) is 81.3. The van der Waals surface area contributed by atoms with Crippen LogP contribution in [0, 0.1) is 20.2 Å². The maximum Gasteiger partial charge on any atom is 3.00 e. The third-order valence-corrected chi connectivity index (χ3v) is 8.97. The smallest absolute Gasteiger partial charge is 0.871 e. The molecule has 0 fully saturated rings. The van der Waals surface area contributed by atoms with Crippen molar-refractivity contribution in [3.8, 4) is 23.0 Å². The van der Waals surface area contributed by atoms with Gasteiger partial charge in [-0.05, 0) is 53.2 Å². The van der Waals surface area contributed by atoms with Crippen LogP contribution in [0.2, 0.25) is 0 Å². The van der Waals surface area contributed by atoms with Crippen LogP contribution < -0.4 is 10.2 Å². The molecule has 0 aliphatic heterocycles. The van der Waals surface area contributed by atoms with Gasteiger partial charge in [0.1, 0.15) is 33.0 Å². The molecule has 6 aromatic rings. The molecule has 0 aromatic heterocycles. The maximum atomic E-state index is 12.1. The first-order chi connectivity index (χ1) is 25.3. The zero-order chi connectivity index (χ0) is 39.5. The summed E-state index contributed by atoms with van der Waals surface area (Å²) in [6, 6.07) is 18.4. The third-order valence-electron chi connectivity index (χ3n) is 7.29. The van der Waals surface area contributed by atoms with Gasteiger partial charge in [-0.1, -0.05) is 41.8 Å². The number of azo groups is 2. The van der Waals surface area contributed by atoms with E-state index in [1.807, 2.05) is 0 Å². The van der Waals surface area contributed by atoms with Crippen LogP contribution in [0.4, 0.5) is 34.1 Å². The van der Waals surface area contributed by atoms with E-state index in [9.17, 15) is 62.0 Å². The van der Waals surface area contributed by atoms with Crippen molar-refractivity contribution in [3.63, 3.8) is 0 Å². The van der Waals surface area contributed by atoms with Crippen molar-refractivity contribution in [3.05, 3.63) is 117 Å². The van der Waals surface area contributed by atoms with Gasteiger partial charge in [0, 0.05) is 29.0 Å². The molecule has 0 aliphatic carbocycles. The molecule has 279 valence electrons. The molecule has 6 rings (SSSR count). The van der Waals surface area contributed by atoms with Gasteiger partial charge in [-0.15, -0.1) is 10.2 Å². The van der Waals surface area contributed by atoms with E-state index in [0.29, 0.717) is 10.8 Å². The fraction of sp³-hybridized carbons (Fsp3) is 0. The second kappa shape index (κ2) is 16.2. The van der Waals surface area contributed by atoms with Crippen molar-refractivity contribution in [1.29, 1.82) is 0 Å². The minimum atomic E-state index is -4.67. The van der Waals surface area contributed by atoms with Crippen LogP contribution in [-0.2, 0) is 37.6 Å². The van der Waals surface area contributed by atoms with Crippen molar-refractivity contribution in [2.24, 2.45) is 20.5 Å². The molecule has 0 amide bonds. The number of nitro benzene ring substituents is 2. The minimum Gasteiger partial charge on any atom is -0.871 e. The number of phenols is 2. The van der Waals surface area contributed by atoms with Gasteiger partial charge in [-0.2, -0.15) is 18.6 Å². The summed E-state index contributed by atoms with van der Waals surface area (Å²) in [5.74, 6) is -2.02. The van der Waals surface area contributed by atoms with E-state index in [0.717, 1.165) is 54.6 Å². The topological polar surface area (TPSA) is 334 Å². The normalized spacial score (nSPS) is 11.7. The summed E-state index contributed by atoms with van der Waals surface area (Å²) >= 11 is 0. The van der Waals surface area contributed by atoms with Gasteiger partial charge in [0.15, 0.2) is 0 Å². The van der Waals surface area contributed by atoms with Crippen LogP contribution >= 0.6 is 0 Å². The van der Waals surface area contributed by atoms with Gasteiger partial charge < -0.3 is 25.0 Å². The Hall–Kier alpha value is -6.61. The number of fused-ring (bicyclic) bond motifs is 2. The first-order valence-corrected chi connectivity index (χ1v) is 17.4.